The molecule has 0 saturated carbocycles. The fourth-order valence-corrected chi connectivity index (χ4v) is 2.42. The van der Waals surface area contributed by atoms with E-state index in [4.69, 9.17) is 0 Å². The summed E-state index contributed by atoms with van der Waals surface area (Å²) in [6, 6.07) is 0. The van der Waals surface area contributed by atoms with Crippen molar-refractivity contribution in [3.63, 3.8) is 0 Å². The van der Waals surface area contributed by atoms with Crippen LogP contribution in [0.25, 0.3) is 11.5 Å². The Labute approximate surface area is 103 Å². The van der Waals surface area contributed by atoms with Gasteiger partial charge in [0.15, 0.2) is 5.82 Å². The van der Waals surface area contributed by atoms with Gasteiger partial charge in [-0.3, -0.25) is 5.10 Å². The Kier molecular flexibility index (Phi) is 3.02. The second-order valence-corrected chi connectivity index (χ2v) is 4.67. The summed E-state index contributed by atoms with van der Waals surface area (Å²) < 4.78 is 0. The van der Waals surface area contributed by atoms with Crippen LogP contribution < -0.4 is 10.2 Å². The SMILES string of the molecule is c1nc(-c2nc(N3CCCNCC3)n[nH]2)cs1. The van der Waals surface area contributed by atoms with E-state index in [2.05, 4.69) is 30.4 Å². The van der Waals surface area contributed by atoms with Crippen molar-refractivity contribution < 1.29 is 0 Å². The average Bonchev–Trinajstić information content (AvgIpc) is 2.95. The van der Waals surface area contributed by atoms with Crippen molar-refractivity contribution in [3.8, 4) is 11.5 Å². The summed E-state index contributed by atoms with van der Waals surface area (Å²) in [5.74, 6) is 1.52. The molecule has 0 aliphatic carbocycles. The van der Waals surface area contributed by atoms with Gasteiger partial charge in [-0.05, 0) is 13.0 Å². The summed E-state index contributed by atoms with van der Waals surface area (Å²) in [6.07, 6.45) is 1.13. The van der Waals surface area contributed by atoms with Crippen LogP contribution in [-0.2, 0) is 0 Å². The molecule has 2 aromatic heterocycles. The van der Waals surface area contributed by atoms with Gasteiger partial charge in [-0.2, -0.15) is 4.98 Å². The number of anilines is 1. The van der Waals surface area contributed by atoms with E-state index in [0.29, 0.717) is 0 Å². The Morgan fingerprint density at radius 2 is 2.29 bits per heavy atom. The van der Waals surface area contributed by atoms with E-state index in [1.807, 2.05) is 5.38 Å². The van der Waals surface area contributed by atoms with E-state index < -0.39 is 0 Å². The number of thiazole rings is 1. The van der Waals surface area contributed by atoms with E-state index in [9.17, 15) is 0 Å². The lowest BCUT2D eigenvalue weighted by atomic mass is 10.4. The first-order chi connectivity index (χ1) is 8.43. The third kappa shape index (κ3) is 2.29. The molecule has 6 nitrogen and oxygen atoms in total. The van der Waals surface area contributed by atoms with Crippen molar-refractivity contribution in [1.82, 2.24) is 25.5 Å². The Balaban J connectivity index is 1.79. The van der Waals surface area contributed by atoms with Gasteiger partial charge in [-0.15, -0.1) is 16.4 Å². The van der Waals surface area contributed by atoms with Gasteiger partial charge in [0.1, 0.15) is 5.69 Å². The molecule has 0 amide bonds. The molecule has 0 aromatic carbocycles. The molecule has 7 heteroatoms. The molecule has 1 aliphatic rings. The van der Waals surface area contributed by atoms with Crippen LogP contribution in [0.3, 0.4) is 0 Å². The summed E-state index contributed by atoms with van der Waals surface area (Å²) in [7, 11) is 0. The molecule has 1 aliphatic heterocycles. The molecule has 1 saturated heterocycles. The normalized spacial score (nSPS) is 17.1. The van der Waals surface area contributed by atoms with Crippen LogP contribution in [0.15, 0.2) is 10.9 Å². The third-order valence-electron chi connectivity index (χ3n) is 2.77. The molecule has 17 heavy (non-hydrogen) atoms. The number of aromatic amines is 1. The molecule has 2 N–H and O–H groups in total. The van der Waals surface area contributed by atoms with E-state index >= 15 is 0 Å². The summed E-state index contributed by atoms with van der Waals surface area (Å²) in [5, 5.41) is 12.5. The zero-order valence-electron chi connectivity index (χ0n) is 9.39. The maximum absolute atomic E-state index is 4.49. The molecule has 1 fully saturated rings. The Morgan fingerprint density at radius 1 is 1.29 bits per heavy atom. The molecular weight excluding hydrogens is 236 g/mol. The lowest BCUT2D eigenvalue weighted by Crippen LogP contribution is -2.28. The number of nitrogens with zero attached hydrogens (tertiary/aromatic N) is 4. The topological polar surface area (TPSA) is 69.7 Å². The van der Waals surface area contributed by atoms with Gasteiger partial charge in [0.05, 0.1) is 5.51 Å². The molecule has 3 rings (SSSR count). The summed E-state index contributed by atoms with van der Waals surface area (Å²) in [6.45, 7) is 4.01. The average molecular weight is 250 g/mol. The fraction of sp³-hybridized carbons (Fsp3) is 0.500. The second-order valence-electron chi connectivity index (χ2n) is 3.95. The van der Waals surface area contributed by atoms with Gasteiger partial charge in [0.2, 0.25) is 5.95 Å². The van der Waals surface area contributed by atoms with Crippen LogP contribution in [-0.4, -0.2) is 46.3 Å². The first kappa shape index (κ1) is 10.7. The number of hydrogen-bond acceptors (Lipinski definition) is 6. The van der Waals surface area contributed by atoms with Crippen molar-refractivity contribution in [2.75, 3.05) is 31.1 Å². The highest BCUT2D eigenvalue weighted by Crippen LogP contribution is 2.17. The van der Waals surface area contributed by atoms with Crippen molar-refractivity contribution in [3.05, 3.63) is 10.9 Å². The van der Waals surface area contributed by atoms with Gasteiger partial charge < -0.3 is 10.2 Å². The van der Waals surface area contributed by atoms with Gasteiger partial charge >= 0.3 is 0 Å². The van der Waals surface area contributed by atoms with Gasteiger partial charge in [0, 0.05) is 25.0 Å². The van der Waals surface area contributed by atoms with Gasteiger partial charge in [-0.1, -0.05) is 0 Å². The predicted molar refractivity (Wildman–Crippen MR) is 67.2 cm³/mol. The first-order valence-electron chi connectivity index (χ1n) is 5.70. The van der Waals surface area contributed by atoms with Crippen molar-refractivity contribution in [2.45, 2.75) is 6.42 Å². The molecule has 0 spiro atoms. The van der Waals surface area contributed by atoms with Crippen LogP contribution in [0.2, 0.25) is 0 Å². The van der Waals surface area contributed by atoms with E-state index in [0.717, 1.165) is 50.1 Å². The minimum absolute atomic E-state index is 0.749. The van der Waals surface area contributed by atoms with Crippen LogP contribution in [0.1, 0.15) is 6.42 Å². The summed E-state index contributed by atoms with van der Waals surface area (Å²) in [4.78, 5) is 10.9. The largest absolute Gasteiger partial charge is 0.338 e. The first-order valence-corrected chi connectivity index (χ1v) is 6.64. The van der Waals surface area contributed by atoms with Gasteiger partial charge in [0.25, 0.3) is 0 Å². The Morgan fingerprint density at radius 3 is 3.18 bits per heavy atom. The number of hydrogen-bond donors (Lipinski definition) is 2. The highest BCUT2D eigenvalue weighted by atomic mass is 32.1. The number of rotatable bonds is 2. The highest BCUT2D eigenvalue weighted by molar-refractivity contribution is 7.07. The van der Waals surface area contributed by atoms with E-state index in [1.165, 1.54) is 0 Å². The zero-order chi connectivity index (χ0) is 11.5. The Bertz CT molecular complexity index is 457. The molecule has 90 valence electrons. The minimum Gasteiger partial charge on any atom is -0.338 e. The van der Waals surface area contributed by atoms with Crippen molar-refractivity contribution in [2.24, 2.45) is 0 Å². The monoisotopic (exact) mass is 250 g/mol. The second kappa shape index (κ2) is 4.80. The lowest BCUT2D eigenvalue weighted by Gasteiger charge is -2.16. The maximum atomic E-state index is 4.49. The summed E-state index contributed by atoms with van der Waals surface area (Å²) in [5.41, 5.74) is 2.66. The van der Waals surface area contributed by atoms with Crippen LogP contribution in [0.4, 0.5) is 5.95 Å². The minimum atomic E-state index is 0.749. The van der Waals surface area contributed by atoms with Crippen LogP contribution in [0, 0.1) is 0 Å². The van der Waals surface area contributed by atoms with Crippen LogP contribution in [0.5, 0.6) is 0 Å². The third-order valence-corrected chi connectivity index (χ3v) is 3.36. The zero-order valence-corrected chi connectivity index (χ0v) is 10.2. The van der Waals surface area contributed by atoms with Crippen molar-refractivity contribution in [1.29, 1.82) is 0 Å². The quantitative estimate of drug-likeness (QED) is 0.822. The molecular formula is C10H14N6S. The Hall–Kier alpha value is -1.47. The van der Waals surface area contributed by atoms with Gasteiger partial charge in [-0.25, -0.2) is 4.98 Å². The summed E-state index contributed by atoms with van der Waals surface area (Å²) >= 11 is 1.56. The lowest BCUT2D eigenvalue weighted by molar-refractivity contribution is 0.724. The fourth-order valence-electron chi connectivity index (χ4n) is 1.88. The molecule has 0 radical (unpaired) electrons. The molecule has 0 bridgehead atoms. The van der Waals surface area contributed by atoms with E-state index in [-0.39, 0.29) is 0 Å². The smallest absolute Gasteiger partial charge is 0.245 e. The highest BCUT2D eigenvalue weighted by Gasteiger charge is 2.15. The van der Waals surface area contributed by atoms with E-state index in [1.54, 1.807) is 16.8 Å². The standard InChI is InChI=1S/C10H14N6S/c1-2-11-3-5-16(4-1)10-13-9(14-15-10)8-6-17-7-12-8/h6-7,11H,1-5H2,(H,13,14,15). The molecule has 2 aromatic rings. The molecule has 0 unspecified atom stereocenters. The number of aromatic nitrogens is 4. The maximum Gasteiger partial charge on any atom is 0.245 e. The molecule has 0 atom stereocenters. The number of nitrogens with one attached hydrogen (secondary N) is 2. The van der Waals surface area contributed by atoms with Crippen molar-refractivity contribution >= 4 is 17.3 Å². The molecule has 3 heterocycles. The number of H-pyrrole nitrogens is 1. The van der Waals surface area contributed by atoms with Crippen LogP contribution >= 0.6 is 11.3 Å². The predicted octanol–water partition coefficient (Wildman–Crippen LogP) is 0.728.